The van der Waals surface area contributed by atoms with Crippen LogP contribution in [0.15, 0.2) is 24.3 Å². The van der Waals surface area contributed by atoms with Gasteiger partial charge < -0.3 is 14.4 Å². The second kappa shape index (κ2) is 7.43. The van der Waals surface area contributed by atoms with E-state index in [9.17, 15) is 4.79 Å². The summed E-state index contributed by atoms with van der Waals surface area (Å²) in [4.78, 5) is 14.0. The number of benzene rings is 1. The lowest BCUT2D eigenvalue weighted by Gasteiger charge is -2.30. The molecule has 1 N–H and O–H groups in total. The molecule has 5 nitrogen and oxygen atoms in total. The molecular formula is C16H24N2O3. The molecule has 2 rings (SSSR count). The van der Waals surface area contributed by atoms with E-state index < -0.39 is 0 Å². The Morgan fingerprint density at radius 1 is 1.38 bits per heavy atom. The highest BCUT2D eigenvalue weighted by atomic mass is 16.5. The first-order chi connectivity index (χ1) is 10.2. The first-order valence-electron chi connectivity index (χ1n) is 7.43. The van der Waals surface area contributed by atoms with Gasteiger partial charge in [-0.25, -0.2) is 0 Å². The highest BCUT2D eigenvalue weighted by molar-refractivity contribution is 5.81. The van der Waals surface area contributed by atoms with Crippen LogP contribution in [0.25, 0.3) is 0 Å². The van der Waals surface area contributed by atoms with Crippen LogP contribution in [0.2, 0.25) is 0 Å². The summed E-state index contributed by atoms with van der Waals surface area (Å²) in [6.07, 6.45) is 0.761. The van der Waals surface area contributed by atoms with Crippen molar-refractivity contribution in [3.05, 3.63) is 29.8 Å². The molecule has 0 radical (unpaired) electrons. The van der Waals surface area contributed by atoms with E-state index in [2.05, 4.69) is 12.2 Å². The first-order valence-corrected chi connectivity index (χ1v) is 7.43. The lowest BCUT2D eigenvalue weighted by atomic mass is 10.1. The summed E-state index contributed by atoms with van der Waals surface area (Å²) in [5, 5.41) is 3.28. The number of amides is 1. The summed E-state index contributed by atoms with van der Waals surface area (Å²) in [5.41, 5.74) is 1.08. The van der Waals surface area contributed by atoms with Gasteiger partial charge in [-0.3, -0.25) is 10.1 Å². The fourth-order valence-corrected chi connectivity index (χ4v) is 2.64. The summed E-state index contributed by atoms with van der Waals surface area (Å²) in [6, 6.07) is 8.06. The quantitative estimate of drug-likeness (QED) is 0.834. The van der Waals surface area contributed by atoms with Crippen molar-refractivity contribution >= 4 is 5.91 Å². The molecule has 0 aromatic heterocycles. The zero-order valence-electron chi connectivity index (χ0n) is 13.0. The summed E-state index contributed by atoms with van der Waals surface area (Å²) in [5.74, 6) is 0.988. The Hall–Kier alpha value is -1.59. The monoisotopic (exact) mass is 292 g/mol. The van der Waals surface area contributed by atoms with Crippen molar-refractivity contribution in [3.63, 3.8) is 0 Å². The van der Waals surface area contributed by atoms with Crippen LogP contribution in [0, 0.1) is 0 Å². The number of hydrogen-bond donors (Lipinski definition) is 1. The predicted octanol–water partition coefficient (Wildman–Crippen LogP) is 1.94. The Bertz CT molecular complexity index is 461. The Kier molecular flexibility index (Phi) is 5.59. The summed E-state index contributed by atoms with van der Waals surface area (Å²) in [6.45, 7) is 5.71. The minimum Gasteiger partial charge on any atom is -0.494 e. The maximum atomic E-state index is 12.1. The molecule has 2 unspecified atom stereocenters. The third kappa shape index (κ3) is 3.74. The number of methoxy groups -OCH3 is 1. The average Bonchev–Trinajstić information content (AvgIpc) is 2.88. The smallest absolute Gasteiger partial charge is 0.238 e. The number of ether oxygens (including phenoxy) is 2. The van der Waals surface area contributed by atoms with Crippen LogP contribution < -0.4 is 10.1 Å². The number of carbonyl (C=O) groups excluding carboxylic acids is 1. The van der Waals surface area contributed by atoms with Crippen molar-refractivity contribution in [1.29, 1.82) is 0 Å². The highest BCUT2D eigenvalue weighted by Gasteiger charge is 2.34. The van der Waals surface area contributed by atoms with E-state index in [0.717, 1.165) is 17.7 Å². The van der Waals surface area contributed by atoms with E-state index in [1.807, 2.05) is 36.1 Å². The van der Waals surface area contributed by atoms with Crippen LogP contribution in [0.3, 0.4) is 0 Å². The normalized spacial score (nSPS) is 19.9. The van der Waals surface area contributed by atoms with Gasteiger partial charge in [-0.1, -0.05) is 12.1 Å². The lowest BCUT2D eigenvalue weighted by molar-refractivity contribution is -0.130. The molecule has 1 amide bonds. The predicted molar refractivity (Wildman–Crippen MR) is 81.2 cm³/mol. The minimum atomic E-state index is -0.0694. The maximum absolute atomic E-state index is 12.1. The largest absolute Gasteiger partial charge is 0.494 e. The van der Waals surface area contributed by atoms with Gasteiger partial charge in [0.05, 0.1) is 13.2 Å². The van der Waals surface area contributed by atoms with Gasteiger partial charge in [0.15, 0.2) is 0 Å². The van der Waals surface area contributed by atoms with Gasteiger partial charge in [-0.2, -0.15) is 0 Å². The lowest BCUT2D eigenvalue weighted by Crippen LogP contribution is -2.38. The standard InChI is InChI=1S/C16H24N2O3/c1-4-21-14-7-5-13(6-8-14)16-17-11-15(19)18(16)12(2)9-10-20-3/h5-8,12,16-17H,4,9-11H2,1-3H3. The van der Waals surface area contributed by atoms with Gasteiger partial charge in [0.2, 0.25) is 5.91 Å². The molecule has 0 spiro atoms. The van der Waals surface area contributed by atoms with Crippen molar-refractivity contribution in [1.82, 2.24) is 10.2 Å². The fraction of sp³-hybridized carbons (Fsp3) is 0.562. The number of hydrogen-bond acceptors (Lipinski definition) is 4. The molecule has 0 saturated carbocycles. The van der Waals surface area contributed by atoms with Gasteiger partial charge in [-0.15, -0.1) is 0 Å². The Labute approximate surface area is 126 Å². The SMILES string of the molecule is CCOc1ccc(C2NCC(=O)N2C(C)CCOC)cc1. The molecule has 1 aromatic carbocycles. The van der Waals surface area contributed by atoms with Gasteiger partial charge in [0, 0.05) is 19.8 Å². The second-order valence-corrected chi connectivity index (χ2v) is 5.22. The van der Waals surface area contributed by atoms with Crippen LogP contribution in [-0.4, -0.2) is 43.7 Å². The maximum Gasteiger partial charge on any atom is 0.238 e. The van der Waals surface area contributed by atoms with Gasteiger partial charge in [-0.05, 0) is 38.0 Å². The van der Waals surface area contributed by atoms with Crippen LogP contribution in [-0.2, 0) is 9.53 Å². The fourth-order valence-electron chi connectivity index (χ4n) is 2.64. The third-order valence-corrected chi connectivity index (χ3v) is 3.73. The van der Waals surface area contributed by atoms with Crippen molar-refractivity contribution in [2.45, 2.75) is 32.5 Å². The first kappa shape index (κ1) is 15.8. The molecule has 1 aliphatic heterocycles. The number of carbonyl (C=O) groups is 1. The molecule has 2 atom stereocenters. The summed E-state index contributed by atoms with van der Waals surface area (Å²) in [7, 11) is 1.68. The van der Waals surface area contributed by atoms with E-state index in [1.165, 1.54) is 0 Å². The second-order valence-electron chi connectivity index (χ2n) is 5.22. The molecular weight excluding hydrogens is 268 g/mol. The summed E-state index contributed by atoms with van der Waals surface area (Å²) >= 11 is 0. The topological polar surface area (TPSA) is 50.8 Å². The van der Waals surface area contributed by atoms with Gasteiger partial charge >= 0.3 is 0 Å². The van der Waals surface area contributed by atoms with Crippen molar-refractivity contribution < 1.29 is 14.3 Å². The molecule has 5 heteroatoms. The minimum absolute atomic E-state index is 0.0694. The van der Waals surface area contributed by atoms with Crippen LogP contribution >= 0.6 is 0 Å². The molecule has 1 saturated heterocycles. The zero-order valence-corrected chi connectivity index (χ0v) is 13.0. The molecule has 116 valence electrons. The van der Waals surface area contributed by atoms with E-state index in [1.54, 1.807) is 7.11 Å². The molecule has 1 heterocycles. The molecule has 1 aromatic rings. The van der Waals surface area contributed by atoms with E-state index in [0.29, 0.717) is 19.8 Å². The molecule has 1 fully saturated rings. The third-order valence-electron chi connectivity index (χ3n) is 3.73. The Morgan fingerprint density at radius 3 is 2.71 bits per heavy atom. The van der Waals surface area contributed by atoms with Gasteiger partial charge in [0.1, 0.15) is 11.9 Å². The Balaban J connectivity index is 2.11. The van der Waals surface area contributed by atoms with E-state index >= 15 is 0 Å². The van der Waals surface area contributed by atoms with E-state index in [-0.39, 0.29) is 18.1 Å². The van der Waals surface area contributed by atoms with Crippen LogP contribution in [0.1, 0.15) is 32.0 Å². The molecule has 1 aliphatic rings. The average molecular weight is 292 g/mol. The highest BCUT2D eigenvalue weighted by Crippen LogP contribution is 2.27. The van der Waals surface area contributed by atoms with E-state index in [4.69, 9.17) is 9.47 Å². The Morgan fingerprint density at radius 2 is 2.10 bits per heavy atom. The van der Waals surface area contributed by atoms with Crippen molar-refractivity contribution in [3.8, 4) is 5.75 Å². The van der Waals surface area contributed by atoms with Crippen LogP contribution in [0.4, 0.5) is 0 Å². The molecule has 0 aliphatic carbocycles. The van der Waals surface area contributed by atoms with Crippen molar-refractivity contribution in [2.75, 3.05) is 26.9 Å². The molecule has 0 bridgehead atoms. The number of nitrogens with one attached hydrogen (secondary N) is 1. The van der Waals surface area contributed by atoms with Gasteiger partial charge in [0.25, 0.3) is 0 Å². The van der Waals surface area contributed by atoms with Crippen molar-refractivity contribution in [2.24, 2.45) is 0 Å². The van der Waals surface area contributed by atoms with Crippen LogP contribution in [0.5, 0.6) is 5.75 Å². The number of rotatable bonds is 7. The zero-order chi connectivity index (χ0) is 15.2. The summed E-state index contributed by atoms with van der Waals surface area (Å²) < 4.78 is 10.6. The number of nitrogens with zero attached hydrogens (tertiary/aromatic N) is 1. The molecule has 21 heavy (non-hydrogen) atoms.